The summed E-state index contributed by atoms with van der Waals surface area (Å²) >= 11 is 0. The first-order valence-corrected chi connectivity index (χ1v) is 26.6. The second-order valence-corrected chi connectivity index (χ2v) is 16.0. The van der Waals surface area contributed by atoms with E-state index in [1.54, 1.807) is 0 Å². The zero-order valence-electron chi connectivity index (χ0n) is 49.4. The van der Waals surface area contributed by atoms with E-state index < -0.39 is 17.9 Å². The van der Waals surface area contributed by atoms with E-state index in [-0.39, 0.29) is 155 Å². The first kappa shape index (κ1) is 98.9. The van der Waals surface area contributed by atoms with Gasteiger partial charge < -0.3 is 55.2 Å². The smallest absolute Gasteiger partial charge is 1.00 e. The van der Waals surface area contributed by atoms with Gasteiger partial charge in [-0.3, -0.25) is 4.79 Å². The Hall–Kier alpha value is -2.20. The van der Waals surface area contributed by atoms with Crippen LogP contribution < -0.4 is 94.1 Å². The van der Waals surface area contributed by atoms with Gasteiger partial charge >= 0.3 is 111 Å². The molecule has 0 bridgehead atoms. The van der Waals surface area contributed by atoms with Gasteiger partial charge in [0.1, 0.15) is 0 Å². The number of aliphatic carboxylic acids is 3. The maximum absolute atomic E-state index is 10.3. The third-order valence-corrected chi connectivity index (χ3v) is 9.34. The molecule has 79 heavy (non-hydrogen) atoms. The molecule has 13 heteroatoms. The summed E-state index contributed by atoms with van der Waals surface area (Å²) < 4.78 is 0. The summed E-state index contributed by atoms with van der Waals surface area (Å²) in [4.78, 5) is 30.7. The molecule has 0 aromatic rings. The number of rotatable bonds is 42. The van der Waals surface area contributed by atoms with Gasteiger partial charge in [0, 0.05) is 18.4 Å². The van der Waals surface area contributed by atoms with Gasteiger partial charge in [-0.05, 0) is 148 Å². The van der Waals surface area contributed by atoms with Gasteiger partial charge in [0.15, 0.2) is 0 Å². The Morgan fingerprint density at radius 1 is 0.278 bits per heavy atom. The summed E-state index contributed by atoms with van der Waals surface area (Å²) in [7, 11) is 0. The second-order valence-electron chi connectivity index (χ2n) is 16.0. The number of carboxylic acid groups (broad SMARTS) is 3. The molecule has 0 aliphatic heterocycles. The molecule has 0 fully saturated rings. The largest absolute Gasteiger partial charge is 2.00 e. The SMILES string of the molecule is CC/C=C\C/C=C\C/C=C\C/C=C\C/C=C\C/C=C\CCC(=O)O.CC/C=C\C/C=C\C/C=C\C/C=C\C/C=C\C/C=C\CCC(=O)[O-].CC/C=C\C/C=C\C/C=C\C/C=C\C/C=C\C/C=C\CCC(=O)[O-].[Cl-].[Cl-].[Mg+2].[Mg+2].[Na+].[Na+].[OH-]. The van der Waals surface area contributed by atoms with Crippen LogP contribution >= 0.6 is 0 Å². The van der Waals surface area contributed by atoms with Crippen molar-refractivity contribution in [2.45, 2.75) is 175 Å². The Morgan fingerprint density at radius 2 is 0.405 bits per heavy atom. The minimum atomic E-state index is -0.991. The van der Waals surface area contributed by atoms with E-state index in [2.05, 4.69) is 203 Å². The van der Waals surface area contributed by atoms with Crippen molar-refractivity contribution in [1.29, 1.82) is 0 Å². The first-order chi connectivity index (χ1) is 35.3. The van der Waals surface area contributed by atoms with Crippen LogP contribution in [-0.4, -0.2) is 74.6 Å². The molecule has 0 saturated heterocycles. The zero-order valence-corrected chi connectivity index (χ0v) is 57.7. The van der Waals surface area contributed by atoms with Gasteiger partial charge in [-0.15, -0.1) is 0 Å². The molecular weight excluding hydrogens is 1070 g/mol. The van der Waals surface area contributed by atoms with Crippen molar-refractivity contribution in [1.82, 2.24) is 0 Å². The van der Waals surface area contributed by atoms with Gasteiger partial charge in [-0.25, -0.2) is 0 Å². The van der Waals surface area contributed by atoms with Crippen LogP contribution in [0.5, 0.6) is 0 Å². The minimum absolute atomic E-state index is 0. The fourth-order valence-electron chi connectivity index (χ4n) is 5.53. The average Bonchev–Trinajstić information content (AvgIpc) is 3.36. The third kappa shape index (κ3) is 112. The Bertz CT molecular complexity index is 1640. The van der Waals surface area contributed by atoms with Crippen molar-refractivity contribution in [3.8, 4) is 0 Å². The third-order valence-electron chi connectivity index (χ3n) is 9.34. The van der Waals surface area contributed by atoms with Crippen LogP contribution in [0.1, 0.15) is 175 Å². The number of allylic oxidation sites excluding steroid dienone is 36. The standard InChI is InChI=1S/3C22H32O2.2ClH.2Mg.2Na.H2O/c3*1-2-3-4-5-6-7-8-9-10-11-12-13-14-15-16-17-18-19-20-21-22(23)24;;;;;;;/h3*3-4,6-7,9-10,12-13,15-16,18-19H,2,5,8,11,14,17,20-21H2,1H3,(H,23,24);2*1H;;;;;1H2/q;;;;;2*+2;2*+1;/p-5/b3*4-3-,7-6-,10-9-,13-12-,16-15-,19-18-;;;;;;;. The molecule has 0 saturated carbocycles. The van der Waals surface area contributed by atoms with Crippen LogP contribution in [0.3, 0.4) is 0 Å². The normalized spacial score (nSPS) is 11.9. The van der Waals surface area contributed by atoms with Crippen molar-refractivity contribution >= 4 is 64.0 Å². The number of carbonyl (C=O) groups is 3. The molecule has 0 heterocycles. The quantitative estimate of drug-likeness (QED) is 0.0718. The molecule has 0 unspecified atom stereocenters. The molecule has 0 rings (SSSR count). The number of carboxylic acids is 3. The van der Waals surface area contributed by atoms with Gasteiger partial charge in [0.2, 0.25) is 0 Å². The monoisotopic (exact) mass is 1160 g/mol. The van der Waals surface area contributed by atoms with Crippen LogP contribution in [-0.2, 0) is 14.4 Å². The van der Waals surface area contributed by atoms with Crippen LogP contribution in [0.4, 0.5) is 0 Å². The summed E-state index contributed by atoms with van der Waals surface area (Å²) in [6.07, 6.45) is 96.7. The average molecular weight is 1170 g/mol. The molecule has 0 aliphatic carbocycles. The molecule has 0 atom stereocenters. The summed E-state index contributed by atoms with van der Waals surface area (Å²) in [6.45, 7) is 6.44. The zero-order chi connectivity index (χ0) is 53.2. The van der Waals surface area contributed by atoms with E-state index in [4.69, 9.17) is 5.11 Å². The molecule has 0 aromatic carbocycles. The summed E-state index contributed by atoms with van der Waals surface area (Å²) in [5.41, 5.74) is 0. The van der Waals surface area contributed by atoms with Gasteiger partial charge in [0.25, 0.3) is 0 Å². The van der Waals surface area contributed by atoms with Crippen LogP contribution in [0.2, 0.25) is 0 Å². The second kappa shape index (κ2) is 95.0. The molecule has 420 valence electrons. The van der Waals surface area contributed by atoms with E-state index in [0.717, 1.165) is 116 Å². The Balaban J connectivity index is -0.000000108. The summed E-state index contributed by atoms with van der Waals surface area (Å²) in [5.74, 6) is -2.72. The number of halogens is 2. The molecule has 0 spiro atoms. The summed E-state index contributed by atoms with van der Waals surface area (Å²) in [6, 6.07) is 0. The van der Waals surface area contributed by atoms with Gasteiger partial charge in [0.05, 0.1) is 0 Å². The maximum atomic E-state index is 10.3. The molecule has 0 aromatic heterocycles. The molecular formula is C66H95Cl2Mg2Na2O7+. The summed E-state index contributed by atoms with van der Waals surface area (Å²) in [5, 5.41) is 28.9. The van der Waals surface area contributed by atoms with Crippen molar-refractivity contribution in [2.24, 2.45) is 0 Å². The van der Waals surface area contributed by atoms with E-state index in [1.165, 1.54) is 0 Å². The predicted octanol–water partition coefficient (Wildman–Crippen LogP) is 4.05. The van der Waals surface area contributed by atoms with E-state index in [9.17, 15) is 24.6 Å². The number of carbonyl (C=O) groups excluding carboxylic acids is 2. The molecule has 7 nitrogen and oxygen atoms in total. The fourth-order valence-corrected chi connectivity index (χ4v) is 5.53. The minimum Gasteiger partial charge on any atom is -1.00 e. The molecule has 0 radical (unpaired) electrons. The van der Waals surface area contributed by atoms with E-state index >= 15 is 0 Å². The van der Waals surface area contributed by atoms with E-state index in [1.807, 2.05) is 36.5 Å². The first-order valence-electron chi connectivity index (χ1n) is 26.6. The van der Waals surface area contributed by atoms with Gasteiger partial charge in [-0.1, -0.05) is 240 Å². The van der Waals surface area contributed by atoms with E-state index in [0.29, 0.717) is 19.3 Å². The Kier molecular flexibility index (Phi) is 119. The van der Waals surface area contributed by atoms with Crippen molar-refractivity contribution in [3.05, 3.63) is 219 Å². The number of hydrogen-bond donors (Lipinski definition) is 1. The molecule has 2 N–H and O–H groups in total. The predicted molar refractivity (Wildman–Crippen MR) is 323 cm³/mol. The Labute approximate surface area is 570 Å². The fraction of sp³-hybridized carbons (Fsp3) is 0.409. The van der Waals surface area contributed by atoms with Crippen molar-refractivity contribution in [2.75, 3.05) is 0 Å². The van der Waals surface area contributed by atoms with Crippen LogP contribution in [0, 0.1) is 0 Å². The Morgan fingerprint density at radius 3 is 0.532 bits per heavy atom. The maximum Gasteiger partial charge on any atom is 2.00 e. The van der Waals surface area contributed by atoms with Crippen LogP contribution in [0.25, 0.3) is 0 Å². The topological polar surface area (TPSA) is 148 Å². The van der Waals surface area contributed by atoms with Crippen LogP contribution in [0.15, 0.2) is 219 Å². The molecule has 0 aliphatic rings. The van der Waals surface area contributed by atoms with Gasteiger partial charge in [-0.2, -0.15) is 0 Å². The number of hydrogen-bond acceptors (Lipinski definition) is 6. The van der Waals surface area contributed by atoms with Crippen molar-refractivity contribution in [3.63, 3.8) is 0 Å². The molecule has 0 amide bonds. The van der Waals surface area contributed by atoms with Crippen molar-refractivity contribution < 1.29 is 119 Å².